The van der Waals surface area contributed by atoms with E-state index in [0.29, 0.717) is 0 Å². The fraction of sp³-hybridized carbons (Fsp3) is 0.632. The van der Waals surface area contributed by atoms with Crippen LogP contribution in [0.4, 0.5) is 10.5 Å². The lowest BCUT2D eigenvalue weighted by Gasteiger charge is -2.26. The summed E-state index contributed by atoms with van der Waals surface area (Å²) in [5.74, 6) is 0. The van der Waals surface area contributed by atoms with Crippen molar-refractivity contribution in [3.05, 3.63) is 29.3 Å². The predicted molar refractivity (Wildman–Crippen MR) is 95.0 cm³/mol. The van der Waals surface area contributed by atoms with Crippen LogP contribution < -0.4 is 10.6 Å². The first-order valence-corrected chi connectivity index (χ1v) is 9.21. The number of likely N-dealkylation sites (tertiary alicyclic amines) is 1. The Labute approximate surface area is 139 Å². The minimum absolute atomic E-state index is 0.0670. The van der Waals surface area contributed by atoms with Gasteiger partial charge in [-0.15, -0.1) is 0 Å². The SMILES string of the molecule is O=C(NCCCN1CCCCC1)Nc1cccc2c1CCCC2. The number of hydrogen-bond donors (Lipinski definition) is 2. The summed E-state index contributed by atoms with van der Waals surface area (Å²) in [6.45, 7) is 4.29. The van der Waals surface area contributed by atoms with Crippen LogP contribution in [-0.4, -0.2) is 37.1 Å². The van der Waals surface area contributed by atoms with Crippen molar-refractivity contribution in [2.75, 3.05) is 31.5 Å². The van der Waals surface area contributed by atoms with Gasteiger partial charge in [-0.1, -0.05) is 18.6 Å². The van der Waals surface area contributed by atoms with Gasteiger partial charge in [0.2, 0.25) is 0 Å². The summed E-state index contributed by atoms with van der Waals surface area (Å²) in [5, 5.41) is 6.05. The number of piperidine rings is 1. The van der Waals surface area contributed by atoms with E-state index in [1.807, 2.05) is 6.07 Å². The Bertz CT molecular complexity index is 523. The molecule has 0 bridgehead atoms. The van der Waals surface area contributed by atoms with E-state index < -0.39 is 0 Å². The topological polar surface area (TPSA) is 44.4 Å². The number of amides is 2. The van der Waals surface area contributed by atoms with Crippen LogP contribution in [0.3, 0.4) is 0 Å². The molecule has 23 heavy (non-hydrogen) atoms. The third-order valence-corrected chi connectivity index (χ3v) is 5.03. The van der Waals surface area contributed by atoms with Gasteiger partial charge in [0.05, 0.1) is 0 Å². The van der Waals surface area contributed by atoms with Crippen molar-refractivity contribution < 1.29 is 4.79 Å². The maximum atomic E-state index is 12.1. The number of rotatable bonds is 5. The molecule has 1 aromatic carbocycles. The van der Waals surface area contributed by atoms with Crippen LogP contribution in [-0.2, 0) is 12.8 Å². The highest BCUT2D eigenvalue weighted by molar-refractivity contribution is 5.90. The summed E-state index contributed by atoms with van der Waals surface area (Å²) in [7, 11) is 0. The molecule has 1 aliphatic carbocycles. The fourth-order valence-corrected chi connectivity index (χ4v) is 3.75. The molecule has 0 saturated carbocycles. The molecule has 4 nitrogen and oxygen atoms in total. The maximum absolute atomic E-state index is 12.1. The van der Waals surface area contributed by atoms with Crippen LogP contribution in [0.15, 0.2) is 18.2 Å². The van der Waals surface area contributed by atoms with Gasteiger partial charge in [0.25, 0.3) is 0 Å². The van der Waals surface area contributed by atoms with Crippen LogP contribution in [0, 0.1) is 0 Å². The second kappa shape index (κ2) is 8.34. The van der Waals surface area contributed by atoms with Gasteiger partial charge in [0.15, 0.2) is 0 Å². The fourth-order valence-electron chi connectivity index (χ4n) is 3.75. The number of urea groups is 1. The third-order valence-electron chi connectivity index (χ3n) is 5.03. The Hall–Kier alpha value is -1.55. The number of hydrogen-bond acceptors (Lipinski definition) is 2. The number of anilines is 1. The Morgan fingerprint density at radius 3 is 2.74 bits per heavy atom. The van der Waals surface area contributed by atoms with Crippen LogP contribution >= 0.6 is 0 Å². The second-order valence-electron chi connectivity index (χ2n) is 6.79. The van der Waals surface area contributed by atoms with Crippen molar-refractivity contribution in [3.8, 4) is 0 Å². The molecule has 2 aliphatic rings. The number of nitrogens with one attached hydrogen (secondary N) is 2. The number of fused-ring (bicyclic) bond motifs is 1. The summed E-state index contributed by atoms with van der Waals surface area (Å²) < 4.78 is 0. The number of benzene rings is 1. The monoisotopic (exact) mass is 315 g/mol. The van der Waals surface area contributed by atoms with Crippen molar-refractivity contribution in [2.45, 2.75) is 51.4 Å². The largest absolute Gasteiger partial charge is 0.338 e. The molecule has 0 unspecified atom stereocenters. The normalized spacial score (nSPS) is 18.3. The minimum atomic E-state index is -0.0670. The summed E-state index contributed by atoms with van der Waals surface area (Å²) in [4.78, 5) is 14.6. The number of carbonyl (C=O) groups excluding carboxylic acids is 1. The van der Waals surface area contributed by atoms with E-state index >= 15 is 0 Å². The highest BCUT2D eigenvalue weighted by Gasteiger charge is 2.14. The van der Waals surface area contributed by atoms with Crippen LogP contribution in [0.1, 0.15) is 49.7 Å². The molecule has 1 saturated heterocycles. The molecule has 126 valence electrons. The van der Waals surface area contributed by atoms with Crippen LogP contribution in [0.25, 0.3) is 0 Å². The Kier molecular flexibility index (Phi) is 5.92. The van der Waals surface area contributed by atoms with E-state index in [1.54, 1.807) is 0 Å². The smallest absolute Gasteiger partial charge is 0.319 e. The predicted octanol–water partition coefficient (Wildman–Crippen LogP) is 3.56. The molecule has 4 heteroatoms. The van der Waals surface area contributed by atoms with Gasteiger partial charge in [0, 0.05) is 12.2 Å². The van der Waals surface area contributed by atoms with E-state index in [0.717, 1.165) is 38.0 Å². The van der Waals surface area contributed by atoms with E-state index in [2.05, 4.69) is 27.7 Å². The van der Waals surface area contributed by atoms with E-state index in [1.165, 1.54) is 56.3 Å². The third kappa shape index (κ3) is 4.71. The average Bonchev–Trinajstić information content (AvgIpc) is 2.60. The van der Waals surface area contributed by atoms with Crippen molar-refractivity contribution in [2.24, 2.45) is 0 Å². The average molecular weight is 315 g/mol. The van der Waals surface area contributed by atoms with Crippen LogP contribution in [0.2, 0.25) is 0 Å². The van der Waals surface area contributed by atoms with Gasteiger partial charge in [-0.25, -0.2) is 4.79 Å². The van der Waals surface area contributed by atoms with Gasteiger partial charge in [0.1, 0.15) is 0 Å². The summed E-state index contributed by atoms with van der Waals surface area (Å²) in [6, 6.07) is 6.20. The van der Waals surface area contributed by atoms with Crippen molar-refractivity contribution >= 4 is 11.7 Å². The molecular weight excluding hydrogens is 286 g/mol. The van der Waals surface area contributed by atoms with Gasteiger partial charge >= 0.3 is 6.03 Å². The second-order valence-corrected chi connectivity index (χ2v) is 6.79. The lowest BCUT2D eigenvalue weighted by atomic mass is 9.90. The molecule has 0 spiro atoms. The van der Waals surface area contributed by atoms with Gasteiger partial charge in [-0.3, -0.25) is 0 Å². The molecule has 2 N–H and O–H groups in total. The van der Waals surface area contributed by atoms with Crippen LogP contribution in [0.5, 0.6) is 0 Å². The Morgan fingerprint density at radius 2 is 1.87 bits per heavy atom. The molecule has 1 fully saturated rings. The quantitative estimate of drug-likeness (QED) is 0.816. The number of carbonyl (C=O) groups is 1. The lowest BCUT2D eigenvalue weighted by molar-refractivity contribution is 0.224. The number of aryl methyl sites for hydroxylation is 1. The van der Waals surface area contributed by atoms with Crippen molar-refractivity contribution in [1.29, 1.82) is 0 Å². The molecule has 0 atom stereocenters. The highest BCUT2D eigenvalue weighted by atomic mass is 16.2. The zero-order valence-electron chi connectivity index (χ0n) is 14.1. The first-order valence-electron chi connectivity index (χ1n) is 9.21. The van der Waals surface area contributed by atoms with E-state index in [4.69, 9.17) is 0 Å². The summed E-state index contributed by atoms with van der Waals surface area (Å²) >= 11 is 0. The zero-order valence-corrected chi connectivity index (χ0v) is 14.1. The first kappa shape index (κ1) is 16.3. The van der Waals surface area contributed by atoms with Gasteiger partial charge in [-0.2, -0.15) is 0 Å². The Balaban J connectivity index is 1.41. The molecule has 3 rings (SSSR count). The molecule has 0 radical (unpaired) electrons. The zero-order chi connectivity index (χ0) is 15.9. The van der Waals surface area contributed by atoms with Gasteiger partial charge < -0.3 is 15.5 Å². The maximum Gasteiger partial charge on any atom is 0.319 e. The summed E-state index contributed by atoms with van der Waals surface area (Å²) in [5.41, 5.74) is 3.73. The highest BCUT2D eigenvalue weighted by Crippen LogP contribution is 2.27. The molecule has 1 aliphatic heterocycles. The van der Waals surface area contributed by atoms with Crippen molar-refractivity contribution in [3.63, 3.8) is 0 Å². The summed E-state index contributed by atoms with van der Waals surface area (Å²) in [6.07, 6.45) is 9.77. The molecule has 0 aromatic heterocycles. The molecule has 1 heterocycles. The first-order chi connectivity index (χ1) is 11.3. The van der Waals surface area contributed by atoms with E-state index in [-0.39, 0.29) is 6.03 Å². The number of nitrogens with zero attached hydrogens (tertiary/aromatic N) is 1. The minimum Gasteiger partial charge on any atom is -0.338 e. The molecular formula is C19H29N3O. The Morgan fingerprint density at radius 1 is 1.04 bits per heavy atom. The molecule has 1 aromatic rings. The standard InChI is InChI=1S/C19H29N3O/c23-19(20-12-7-15-22-13-4-1-5-14-22)21-18-11-6-9-16-8-2-3-10-17(16)18/h6,9,11H,1-5,7-8,10,12-15H2,(H2,20,21,23). The van der Waals surface area contributed by atoms with Crippen molar-refractivity contribution in [1.82, 2.24) is 10.2 Å². The van der Waals surface area contributed by atoms with Gasteiger partial charge in [-0.05, 0) is 81.8 Å². The van der Waals surface area contributed by atoms with E-state index in [9.17, 15) is 4.79 Å². The lowest BCUT2D eigenvalue weighted by Crippen LogP contribution is -2.34. The molecule has 2 amide bonds.